The molecule has 2 aliphatic heterocycles. The van der Waals surface area contributed by atoms with Gasteiger partial charge in [-0.3, -0.25) is 9.69 Å². The fourth-order valence-corrected chi connectivity index (χ4v) is 3.66. The summed E-state index contributed by atoms with van der Waals surface area (Å²) in [6, 6.07) is 16.5. The van der Waals surface area contributed by atoms with E-state index in [0.29, 0.717) is 13.3 Å². The lowest BCUT2D eigenvalue weighted by molar-refractivity contribution is -0.132. The van der Waals surface area contributed by atoms with Crippen LogP contribution in [0.15, 0.2) is 48.5 Å². The van der Waals surface area contributed by atoms with Crippen LogP contribution in [0.4, 0.5) is 0 Å². The molecule has 0 spiro atoms. The second-order valence-corrected chi connectivity index (χ2v) is 7.36. The van der Waals surface area contributed by atoms with Gasteiger partial charge in [0.25, 0.3) is 0 Å². The summed E-state index contributed by atoms with van der Waals surface area (Å²) in [6.45, 7) is 6.93. The average Bonchev–Trinajstić information content (AvgIpc) is 3.21. The van der Waals surface area contributed by atoms with Crippen molar-refractivity contribution in [3.63, 3.8) is 0 Å². The summed E-state index contributed by atoms with van der Waals surface area (Å²) in [4.78, 5) is 16.9. The minimum absolute atomic E-state index is 0.164. The van der Waals surface area contributed by atoms with Crippen LogP contribution in [-0.4, -0.2) is 55.2 Å². The van der Waals surface area contributed by atoms with Gasteiger partial charge in [0.05, 0.1) is 6.54 Å². The largest absolute Gasteiger partial charge is 0.454 e. The molecule has 6 nitrogen and oxygen atoms in total. The van der Waals surface area contributed by atoms with Gasteiger partial charge in [0, 0.05) is 38.8 Å². The molecule has 0 aromatic heterocycles. The second kappa shape index (κ2) is 8.63. The van der Waals surface area contributed by atoms with Crippen LogP contribution in [0.25, 0.3) is 0 Å². The van der Waals surface area contributed by atoms with Gasteiger partial charge < -0.3 is 19.7 Å². The molecule has 1 atom stereocenters. The topological polar surface area (TPSA) is 54.0 Å². The predicted molar refractivity (Wildman–Crippen MR) is 107 cm³/mol. The van der Waals surface area contributed by atoms with Crippen LogP contribution in [0.3, 0.4) is 0 Å². The quantitative estimate of drug-likeness (QED) is 0.833. The number of rotatable bonds is 6. The van der Waals surface area contributed by atoms with Crippen molar-refractivity contribution in [2.24, 2.45) is 0 Å². The van der Waals surface area contributed by atoms with E-state index in [-0.39, 0.29) is 11.9 Å². The molecule has 28 heavy (non-hydrogen) atoms. The number of fused-ring (bicyclic) bond motifs is 1. The van der Waals surface area contributed by atoms with E-state index in [1.165, 1.54) is 11.1 Å². The summed E-state index contributed by atoms with van der Waals surface area (Å²) in [5, 5.41) is 3.34. The van der Waals surface area contributed by atoms with Crippen molar-refractivity contribution in [2.45, 2.75) is 19.5 Å². The Morgan fingerprint density at radius 2 is 1.79 bits per heavy atom. The van der Waals surface area contributed by atoms with Crippen molar-refractivity contribution in [3.8, 4) is 11.5 Å². The number of piperazine rings is 1. The van der Waals surface area contributed by atoms with Crippen molar-refractivity contribution >= 4 is 5.91 Å². The molecule has 0 saturated carbocycles. The third-order valence-corrected chi connectivity index (χ3v) is 5.43. The first-order chi connectivity index (χ1) is 13.7. The monoisotopic (exact) mass is 381 g/mol. The highest BCUT2D eigenvalue weighted by atomic mass is 16.7. The van der Waals surface area contributed by atoms with Crippen molar-refractivity contribution < 1.29 is 14.3 Å². The van der Waals surface area contributed by atoms with Crippen LogP contribution in [0, 0.1) is 0 Å². The molecule has 0 bridgehead atoms. The Balaban J connectivity index is 1.22. The maximum Gasteiger partial charge on any atom is 0.236 e. The smallest absolute Gasteiger partial charge is 0.236 e. The van der Waals surface area contributed by atoms with E-state index < -0.39 is 0 Å². The van der Waals surface area contributed by atoms with E-state index in [2.05, 4.69) is 41.4 Å². The SMILES string of the molecule is CC(NCC(=O)N1CCN(Cc2ccc3c(c2)OCO3)CC1)c1ccccc1. The number of carbonyl (C=O) groups excluding carboxylic acids is 1. The highest BCUT2D eigenvalue weighted by Crippen LogP contribution is 2.32. The van der Waals surface area contributed by atoms with Gasteiger partial charge in [-0.15, -0.1) is 0 Å². The zero-order valence-corrected chi connectivity index (χ0v) is 16.3. The first-order valence-electron chi connectivity index (χ1n) is 9.86. The molecule has 0 aliphatic carbocycles. The molecule has 1 fully saturated rings. The van der Waals surface area contributed by atoms with Crippen molar-refractivity contribution in [1.29, 1.82) is 0 Å². The molecule has 1 amide bonds. The number of nitrogens with zero attached hydrogens (tertiary/aromatic N) is 2. The number of benzene rings is 2. The van der Waals surface area contributed by atoms with Crippen LogP contribution in [0.1, 0.15) is 24.1 Å². The Kier molecular flexibility index (Phi) is 5.78. The Labute approximate surface area is 166 Å². The lowest BCUT2D eigenvalue weighted by Gasteiger charge is -2.35. The Morgan fingerprint density at radius 1 is 1.04 bits per heavy atom. The Morgan fingerprint density at radius 3 is 2.57 bits per heavy atom. The summed E-state index contributed by atoms with van der Waals surface area (Å²) in [5.74, 6) is 1.81. The number of ether oxygens (including phenoxy) is 2. The van der Waals surface area contributed by atoms with Crippen LogP contribution in [0.5, 0.6) is 11.5 Å². The highest BCUT2D eigenvalue weighted by Gasteiger charge is 2.22. The Hall–Kier alpha value is -2.57. The number of hydrogen-bond donors (Lipinski definition) is 1. The van der Waals surface area contributed by atoms with Crippen molar-refractivity contribution in [3.05, 3.63) is 59.7 Å². The van der Waals surface area contributed by atoms with E-state index in [1.807, 2.05) is 29.2 Å². The minimum atomic E-state index is 0.164. The van der Waals surface area contributed by atoms with E-state index in [1.54, 1.807) is 0 Å². The molecule has 2 aromatic rings. The number of amides is 1. The van der Waals surface area contributed by atoms with Crippen molar-refractivity contribution in [2.75, 3.05) is 39.5 Å². The summed E-state index contributed by atoms with van der Waals surface area (Å²) < 4.78 is 10.8. The molecular weight excluding hydrogens is 354 g/mol. The molecule has 6 heteroatoms. The molecule has 1 saturated heterocycles. The third-order valence-electron chi connectivity index (χ3n) is 5.43. The normalized spacial score (nSPS) is 17.5. The fourth-order valence-electron chi connectivity index (χ4n) is 3.66. The highest BCUT2D eigenvalue weighted by molar-refractivity contribution is 5.78. The van der Waals surface area contributed by atoms with Gasteiger partial charge in [0.1, 0.15) is 0 Å². The zero-order chi connectivity index (χ0) is 19.3. The van der Waals surface area contributed by atoms with Gasteiger partial charge in [-0.1, -0.05) is 36.4 Å². The fraction of sp³-hybridized carbons (Fsp3) is 0.409. The molecule has 4 rings (SSSR count). The minimum Gasteiger partial charge on any atom is -0.454 e. The molecule has 148 valence electrons. The molecule has 2 aliphatic rings. The number of carbonyl (C=O) groups is 1. The summed E-state index contributed by atoms with van der Waals surface area (Å²) >= 11 is 0. The zero-order valence-electron chi connectivity index (χ0n) is 16.3. The maximum absolute atomic E-state index is 12.5. The van der Waals surface area contributed by atoms with Crippen LogP contribution >= 0.6 is 0 Å². The average molecular weight is 381 g/mol. The van der Waals surface area contributed by atoms with E-state index in [4.69, 9.17) is 9.47 Å². The van der Waals surface area contributed by atoms with Gasteiger partial charge in [0.2, 0.25) is 12.7 Å². The Bertz CT molecular complexity index is 804. The number of nitrogens with one attached hydrogen (secondary N) is 1. The molecular formula is C22H27N3O3. The lowest BCUT2D eigenvalue weighted by Crippen LogP contribution is -2.50. The molecule has 1 N–H and O–H groups in total. The van der Waals surface area contributed by atoms with Gasteiger partial charge in [0.15, 0.2) is 11.5 Å². The van der Waals surface area contributed by atoms with Gasteiger partial charge in [-0.05, 0) is 30.2 Å². The van der Waals surface area contributed by atoms with E-state index >= 15 is 0 Å². The van der Waals surface area contributed by atoms with Gasteiger partial charge in [-0.25, -0.2) is 0 Å². The molecule has 2 heterocycles. The molecule has 1 unspecified atom stereocenters. The van der Waals surface area contributed by atoms with Gasteiger partial charge >= 0.3 is 0 Å². The summed E-state index contributed by atoms with van der Waals surface area (Å²) in [6.07, 6.45) is 0. The first-order valence-corrected chi connectivity index (χ1v) is 9.86. The van der Waals surface area contributed by atoms with Crippen molar-refractivity contribution in [1.82, 2.24) is 15.1 Å². The predicted octanol–water partition coefficient (Wildman–Crippen LogP) is 2.41. The first kappa shape index (κ1) is 18.8. The van der Waals surface area contributed by atoms with E-state index in [9.17, 15) is 4.79 Å². The summed E-state index contributed by atoms with van der Waals surface area (Å²) in [7, 11) is 0. The van der Waals surface area contributed by atoms with Crippen LogP contribution in [-0.2, 0) is 11.3 Å². The number of hydrogen-bond acceptors (Lipinski definition) is 5. The third kappa shape index (κ3) is 4.46. The second-order valence-electron chi connectivity index (χ2n) is 7.36. The van der Waals surface area contributed by atoms with Crippen LogP contribution in [0.2, 0.25) is 0 Å². The molecule has 2 aromatic carbocycles. The summed E-state index contributed by atoms with van der Waals surface area (Å²) in [5.41, 5.74) is 2.41. The van der Waals surface area contributed by atoms with Crippen LogP contribution < -0.4 is 14.8 Å². The lowest BCUT2D eigenvalue weighted by atomic mass is 10.1. The van der Waals surface area contributed by atoms with E-state index in [0.717, 1.165) is 44.2 Å². The van der Waals surface area contributed by atoms with Gasteiger partial charge in [-0.2, -0.15) is 0 Å². The standard InChI is InChI=1S/C22H27N3O3/c1-17(19-5-3-2-4-6-19)23-14-22(26)25-11-9-24(10-12-25)15-18-7-8-20-21(13-18)28-16-27-20/h2-8,13,17,23H,9-12,14-16H2,1H3. The maximum atomic E-state index is 12.5. The molecule has 0 radical (unpaired) electrons.